The summed E-state index contributed by atoms with van der Waals surface area (Å²) in [5, 5.41) is 30.3. The van der Waals surface area contributed by atoms with Gasteiger partial charge in [-0.25, -0.2) is 9.18 Å². The lowest BCUT2D eigenvalue weighted by atomic mass is 9.86. The van der Waals surface area contributed by atoms with Gasteiger partial charge in [0.1, 0.15) is 18.3 Å². The van der Waals surface area contributed by atoms with E-state index in [1.165, 1.54) is 0 Å². The molecule has 0 aliphatic carbocycles. The van der Waals surface area contributed by atoms with E-state index in [-0.39, 0.29) is 0 Å². The largest absolute Gasteiger partial charge is 0.394 e. The van der Waals surface area contributed by atoms with Crippen molar-refractivity contribution in [1.82, 2.24) is 5.32 Å². The van der Waals surface area contributed by atoms with Crippen LogP contribution in [0.1, 0.15) is 6.92 Å². The molecule has 0 saturated carbocycles. The van der Waals surface area contributed by atoms with Crippen molar-refractivity contribution in [2.45, 2.75) is 49.3 Å². The molecule has 1 amide bonds. The molecule has 8 N–H and O–H groups in total. The molecule has 0 aromatic rings. The predicted molar refractivity (Wildman–Crippen MR) is 68.6 cm³/mol. The molecule has 2 unspecified atom stereocenters. The summed E-state index contributed by atoms with van der Waals surface area (Å²) >= 11 is 0. The second-order valence-corrected chi connectivity index (χ2v) is 5.08. The van der Waals surface area contributed by atoms with Crippen LogP contribution >= 0.6 is 0 Å². The van der Waals surface area contributed by atoms with Gasteiger partial charge in [-0.1, -0.05) is 0 Å². The number of hydrogen-bond donors (Lipinski definition) is 6. The third-order valence-corrected chi connectivity index (χ3v) is 3.44. The lowest BCUT2D eigenvalue weighted by Gasteiger charge is -2.46. The summed E-state index contributed by atoms with van der Waals surface area (Å²) < 4.78 is 33.3. The van der Waals surface area contributed by atoms with Gasteiger partial charge in [0.25, 0.3) is 0 Å². The number of aliphatic hydroxyl groups excluding tert-OH is 3. The summed E-state index contributed by atoms with van der Waals surface area (Å²) in [6.45, 7) is 0.0834. The highest BCUT2D eigenvalue weighted by molar-refractivity contribution is 5.79. The van der Waals surface area contributed by atoms with E-state index in [4.69, 9.17) is 10.8 Å². The van der Waals surface area contributed by atoms with E-state index in [9.17, 15) is 28.6 Å². The smallest absolute Gasteiger partial charge is 0.393 e. The first-order valence-electron chi connectivity index (χ1n) is 6.51. The van der Waals surface area contributed by atoms with E-state index in [0.717, 1.165) is 6.92 Å². The number of hydrogen-bond acceptors (Lipinski definition) is 9. The third-order valence-electron chi connectivity index (χ3n) is 3.44. The zero-order valence-corrected chi connectivity index (χ0v) is 12.1. The van der Waals surface area contributed by atoms with Crippen LogP contribution in [0.2, 0.25) is 0 Å². The maximum absolute atomic E-state index is 14.5. The zero-order chi connectivity index (χ0) is 17.9. The molecule has 7 atom stereocenters. The monoisotopic (exact) mass is 343 g/mol. The predicted octanol–water partition coefficient (Wildman–Crippen LogP) is -3.65. The van der Waals surface area contributed by atoms with Crippen LogP contribution in [0.3, 0.4) is 0 Å². The van der Waals surface area contributed by atoms with Crippen LogP contribution in [0.25, 0.3) is 0 Å². The maximum atomic E-state index is 14.5. The summed E-state index contributed by atoms with van der Waals surface area (Å²) in [5.41, 5.74) is 5.50. The van der Waals surface area contributed by atoms with Crippen molar-refractivity contribution in [3.8, 4) is 0 Å². The molecule has 1 aliphatic heterocycles. The Morgan fingerprint density at radius 3 is 2.48 bits per heavy atom. The van der Waals surface area contributed by atoms with Crippen molar-refractivity contribution in [3.63, 3.8) is 0 Å². The molecule has 0 spiro atoms. The minimum absolute atomic E-state index is 0.718. The Hall–Kier alpha value is -1.44. The number of carbonyl (C=O) groups is 2. The van der Waals surface area contributed by atoms with Crippen LogP contribution in [0.5, 0.6) is 0 Å². The van der Waals surface area contributed by atoms with Gasteiger partial charge >= 0.3 is 11.8 Å². The summed E-state index contributed by atoms with van der Waals surface area (Å²) in [7, 11) is 0. The van der Waals surface area contributed by atoms with Gasteiger partial charge < -0.3 is 35.9 Å². The molecular formula is C11H19F2N3O7. The van der Waals surface area contributed by atoms with Crippen LogP contribution in [0, 0.1) is 0 Å². The first kappa shape index (κ1) is 19.6. The Morgan fingerprint density at radius 2 is 2.04 bits per heavy atom. The normalized spacial score (nSPS) is 36.9. The molecule has 10 nitrogen and oxygen atoms in total. The Balaban J connectivity index is 3.22. The number of carbonyl (C=O) groups excluding carboxylic acids is 2. The second kappa shape index (κ2) is 7.42. The Labute approximate surface area is 129 Å². The fourth-order valence-corrected chi connectivity index (χ4v) is 2.25. The van der Waals surface area contributed by atoms with Gasteiger partial charge in [0.2, 0.25) is 5.91 Å². The number of nitrogens with one attached hydrogen (secondary N) is 1. The molecule has 23 heavy (non-hydrogen) atoms. The van der Waals surface area contributed by atoms with E-state index in [1.54, 1.807) is 0 Å². The molecule has 1 aliphatic rings. The van der Waals surface area contributed by atoms with E-state index < -0.39 is 60.9 Å². The Morgan fingerprint density at radius 1 is 1.48 bits per heavy atom. The highest BCUT2D eigenvalue weighted by atomic mass is 19.2. The topological polar surface area (TPSA) is 177 Å². The van der Waals surface area contributed by atoms with Crippen LogP contribution in [0.15, 0.2) is 0 Å². The first-order chi connectivity index (χ1) is 10.6. The molecule has 1 saturated heterocycles. The fraction of sp³-hybridized carbons (Fsp3) is 0.818. The van der Waals surface area contributed by atoms with Gasteiger partial charge in [-0.2, -0.15) is 10.3 Å². The molecule has 12 heteroatoms. The van der Waals surface area contributed by atoms with E-state index >= 15 is 0 Å². The van der Waals surface area contributed by atoms with Crippen molar-refractivity contribution in [2.75, 3.05) is 6.61 Å². The third kappa shape index (κ3) is 3.73. The highest BCUT2D eigenvalue weighted by Gasteiger charge is 2.62. The summed E-state index contributed by atoms with van der Waals surface area (Å²) in [6, 6.07) is -3.35. The minimum Gasteiger partial charge on any atom is -0.394 e. The van der Waals surface area contributed by atoms with Gasteiger partial charge in [-0.3, -0.25) is 4.79 Å². The molecule has 0 aromatic carbocycles. The van der Waals surface area contributed by atoms with Gasteiger partial charge in [0, 0.05) is 6.92 Å². The fourth-order valence-electron chi connectivity index (χ4n) is 2.25. The average Bonchev–Trinajstić information content (AvgIpc) is 2.52. The summed E-state index contributed by atoms with van der Waals surface area (Å²) in [5.74, 6) is -1.90. The van der Waals surface area contributed by atoms with Crippen molar-refractivity contribution in [2.24, 2.45) is 11.6 Å². The molecule has 0 bridgehead atoms. The second-order valence-electron chi connectivity index (χ2n) is 5.08. The Kier molecular flexibility index (Phi) is 6.33. The van der Waals surface area contributed by atoms with Gasteiger partial charge in [-0.15, -0.1) is 0 Å². The molecular weight excluding hydrogens is 324 g/mol. The molecule has 1 fully saturated rings. The number of amides is 1. The van der Waals surface area contributed by atoms with E-state index in [2.05, 4.69) is 20.8 Å². The molecule has 0 radical (unpaired) electrons. The van der Waals surface area contributed by atoms with Crippen LogP contribution in [-0.2, 0) is 19.2 Å². The highest BCUT2D eigenvalue weighted by Crippen LogP contribution is 2.35. The van der Waals surface area contributed by atoms with Crippen LogP contribution < -0.4 is 16.9 Å². The number of rotatable bonds is 5. The number of nitrogens with two attached hydrogens (primary N) is 2. The molecule has 1 rings (SSSR count). The molecule has 0 aromatic heterocycles. The summed E-state index contributed by atoms with van der Waals surface area (Å²) in [6.07, 6.45) is -8.49. The minimum atomic E-state index is -3.76. The van der Waals surface area contributed by atoms with Gasteiger partial charge in [0.15, 0.2) is 6.17 Å². The van der Waals surface area contributed by atoms with Crippen molar-refractivity contribution < 1.29 is 43.3 Å². The number of aliphatic hydroxyl groups is 3. The first-order valence-corrected chi connectivity index (χ1v) is 6.51. The van der Waals surface area contributed by atoms with Crippen molar-refractivity contribution in [1.29, 1.82) is 0 Å². The van der Waals surface area contributed by atoms with E-state index in [1.807, 2.05) is 0 Å². The van der Waals surface area contributed by atoms with Gasteiger partial charge in [0.05, 0.1) is 18.7 Å². The van der Waals surface area contributed by atoms with E-state index in [0.29, 0.717) is 0 Å². The summed E-state index contributed by atoms with van der Waals surface area (Å²) in [4.78, 5) is 26.2. The number of alkyl halides is 2. The molecule has 1 heterocycles. The lowest BCUT2D eigenvalue weighted by Crippen LogP contribution is -2.73. The Bertz CT molecular complexity index is 457. The lowest BCUT2D eigenvalue weighted by molar-refractivity contribution is -0.279. The van der Waals surface area contributed by atoms with Crippen LogP contribution in [-0.4, -0.2) is 76.2 Å². The van der Waals surface area contributed by atoms with Gasteiger partial charge in [-0.05, 0) is 0 Å². The standard InChI is InChI=1S/C11H19F2N3O7/c1-3(18)16-6-5(14)9(12)11(13,10(21)23-15)22-8(6)7(20)4(19)2-17/h4-9,17,19-20H,2,14-15H2,1H3,(H,16,18)/t4-,5?,6-,7-,8?,9+,11-/m1/s1. The van der Waals surface area contributed by atoms with Crippen molar-refractivity contribution >= 4 is 11.9 Å². The zero-order valence-electron chi connectivity index (χ0n) is 12.1. The number of ether oxygens (including phenoxy) is 1. The molecule has 134 valence electrons. The van der Waals surface area contributed by atoms with Crippen LogP contribution in [0.4, 0.5) is 8.78 Å². The average molecular weight is 343 g/mol. The van der Waals surface area contributed by atoms with Crippen molar-refractivity contribution in [3.05, 3.63) is 0 Å². The quantitative estimate of drug-likeness (QED) is 0.275. The maximum Gasteiger partial charge on any atom is 0.393 e. The number of halogens is 2. The SMILES string of the molecule is CC(=O)N[C@H]1C([C@H](O)[C@H](O)CO)O[C@@](F)(C(=O)ON)[C@@H](F)C1N.